The highest BCUT2D eigenvalue weighted by atomic mass is 32.2. The maximum absolute atomic E-state index is 13.0. The lowest BCUT2D eigenvalue weighted by Crippen LogP contribution is -2.30. The molecule has 8 nitrogen and oxygen atoms in total. The number of anilines is 2. The molecular weight excluding hydrogens is 451 g/mol. The molecule has 3 aromatic carbocycles. The molecule has 2 N–H and O–H groups in total. The van der Waals surface area contributed by atoms with Gasteiger partial charge in [0, 0.05) is 5.69 Å². The van der Waals surface area contributed by atoms with E-state index in [-0.39, 0.29) is 16.1 Å². The summed E-state index contributed by atoms with van der Waals surface area (Å²) in [5, 5.41) is 2.62. The molecule has 0 saturated heterocycles. The summed E-state index contributed by atoms with van der Waals surface area (Å²) in [5.74, 6) is -1.40. The summed E-state index contributed by atoms with van der Waals surface area (Å²) in [5.41, 5.74) is 0.679. The summed E-state index contributed by atoms with van der Waals surface area (Å²) >= 11 is 0. The minimum Gasteiger partial charge on any atom is -0.495 e. The van der Waals surface area contributed by atoms with E-state index in [4.69, 9.17) is 9.47 Å². The first-order valence-corrected chi connectivity index (χ1v) is 11.2. The average molecular weight is 472 g/mol. The monoisotopic (exact) mass is 472 g/mol. The van der Waals surface area contributed by atoms with Crippen LogP contribution in [0, 0.1) is 5.82 Å². The molecule has 0 saturated carbocycles. The number of rotatable bonds is 8. The van der Waals surface area contributed by atoms with Crippen molar-refractivity contribution in [3.05, 3.63) is 84.2 Å². The SMILES string of the molecule is COc1ccccc1NC(=O)C(C)OC(=O)c1ccc(S(=O)(=O)Nc2ccc(F)cc2)cc1. The Labute approximate surface area is 190 Å². The lowest BCUT2D eigenvalue weighted by molar-refractivity contribution is -0.123. The van der Waals surface area contributed by atoms with Crippen LogP contribution in [0.1, 0.15) is 17.3 Å². The first kappa shape index (κ1) is 23.7. The molecule has 3 rings (SSSR count). The fourth-order valence-electron chi connectivity index (χ4n) is 2.77. The molecule has 1 atom stereocenters. The first-order valence-electron chi connectivity index (χ1n) is 9.73. The van der Waals surface area contributed by atoms with Gasteiger partial charge in [0.05, 0.1) is 23.3 Å². The summed E-state index contributed by atoms with van der Waals surface area (Å²) in [6.45, 7) is 1.41. The van der Waals surface area contributed by atoms with Crippen LogP contribution in [0.4, 0.5) is 15.8 Å². The summed E-state index contributed by atoms with van der Waals surface area (Å²) in [4.78, 5) is 24.7. The Kier molecular flexibility index (Phi) is 7.29. The summed E-state index contributed by atoms with van der Waals surface area (Å²) in [6.07, 6.45) is -1.12. The van der Waals surface area contributed by atoms with Gasteiger partial charge in [-0.1, -0.05) is 12.1 Å². The highest BCUT2D eigenvalue weighted by Gasteiger charge is 2.21. The number of methoxy groups -OCH3 is 1. The van der Waals surface area contributed by atoms with Crippen LogP contribution in [0.15, 0.2) is 77.7 Å². The van der Waals surface area contributed by atoms with Crippen molar-refractivity contribution >= 4 is 33.3 Å². The van der Waals surface area contributed by atoms with Crippen molar-refractivity contribution in [3.63, 3.8) is 0 Å². The molecule has 3 aromatic rings. The molecule has 0 spiro atoms. The molecule has 0 fully saturated rings. The van der Waals surface area contributed by atoms with Gasteiger partial charge in [-0.05, 0) is 67.6 Å². The minimum absolute atomic E-state index is 0.0627. The minimum atomic E-state index is -3.95. The number of nitrogens with one attached hydrogen (secondary N) is 2. The third kappa shape index (κ3) is 6.07. The van der Waals surface area contributed by atoms with Crippen molar-refractivity contribution in [2.45, 2.75) is 17.9 Å². The summed E-state index contributed by atoms with van der Waals surface area (Å²) < 4.78 is 50.6. The predicted molar refractivity (Wildman–Crippen MR) is 120 cm³/mol. The normalized spacial score (nSPS) is 11.8. The molecule has 0 aliphatic rings. The van der Waals surface area contributed by atoms with Crippen molar-refractivity contribution in [2.24, 2.45) is 0 Å². The molecule has 0 bridgehead atoms. The summed E-state index contributed by atoms with van der Waals surface area (Å²) in [7, 11) is -2.48. The van der Waals surface area contributed by atoms with Gasteiger partial charge in [-0.25, -0.2) is 17.6 Å². The Morgan fingerprint density at radius 2 is 1.58 bits per heavy atom. The van der Waals surface area contributed by atoms with E-state index in [1.54, 1.807) is 24.3 Å². The van der Waals surface area contributed by atoms with E-state index in [0.29, 0.717) is 11.4 Å². The standard InChI is InChI=1S/C23H21FN2O6S/c1-15(22(27)25-20-5-3-4-6-21(20)31-2)32-23(28)16-7-13-19(14-8-16)33(29,30)26-18-11-9-17(24)10-12-18/h3-15,26H,1-2H3,(H,25,27). The molecule has 0 heterocycles. The number of benzene rings is 3. The van der Waals surface area contributed by atoms with Crippen LogP contribution >= 0.6 is 0 Å². The maximum atomic E-state index is 13.0. The van der Waals surface area contributed by atoms with Crippen molar-refractivity contribution in [1.29, 1.82) is 0 Å². The van der Waals surface area contributed by atoms with Crippen LogP contribution in [-0.2, 0) is 19.6 Å². The molecule has 172 valence electrons. The fourth-order valence-corrected chi connectivity index (χ4v) is 3.83. The Balaban J connectivity index is 1.63. The molecule has 0 aliphatic heterocycles. The van der Waals surface area contributed by atoms with Crippen molar-refractivity contribution in [1.82, 2.24) is 0 Å². The number of hydrogen-bond acceptors (Lipinski definition) is 6. The first-order chi connectivity index (χ1) is 15.7. The number of hydrogen-bond donors (Lipinski definition) is 2. The smallest absolute Gasteiger partial charge is 0.338 e. The van der Waals surface area contributed by atoms with E-state index in [2.05, 4.69) is 10.0 Å². The fraction of sp³-hybridized carbons (Fsp3) is 0.130. The van der Waals surface area contributed by atoms with Crippen molar-refractivity contribution < 1.29 is 31.9 Å². The number of carbonyl (C=O) groups excluding carboxylic acids is 2. The van der Waals surface area contributed by atoms with Crippen LogP contribution in [-0.4, -0.2) is 33.5 Å². The van der Waals surface area contributed by atoms with E-state index in [1.807, 2.05) is 0 Å². The number of para-hydroxylation sites is 2. The number of esters is 1. The molecule has 1 unspecified atom stereocenters. The highest BCUT2D eigenvalue weighted by molar-refractivity contribution is 7.92. The van der Waals surface area contributed by atoms with Crippen molar-refractivity contribution in [3.8, 4) is 5.75 Å². The van der Waals surface area contributed by atoms with E-state index in [9.17, 15) is 22.4 Å². The number of ether oxygens (including phenoxy) is 2. The largest absolute Gasteiger partial charge is 0.495 e. The van der Waals surface area contributed by atoms with Gasteiger partial charge in [0.1, 0.15) is 11.6 Å². The van der Waals surface area contributed by atoms with Crippen LogP contribution in [0.25, 0.3) is 0 Å². The topological polar surface area (TPSA) is 111 Å². The Morgan fingerprint density at radius 1 is 0.939 bits per heavy atom. The van der Waals surface area contributed by atoms with Gasteiger partial charge in [-0.3, -0.25) is 9.52 Å². The highest BCUT2D eigenvalue weighted by Crippen LogP contribution is 2.23. The van der Waals surface area contributed by atoms with Gasteiger partial charge < -0.3 is 14.8 Å². The molecule has 0 aromatic heterocycles. The van der Waals surface area contributed by atoms with Crippen molar-refractivity contribution in [2.75, 3.05) is 17.1 Å². The number of sulfonamides is 1. The second-order valence-corrected chi connectivity index (χ2v) is 8.56. The number of halogens is 1. The zero-order valence-electron chi connectivity index (χ0n) is 17.7. The Morgan fingerprint density at radius 3 is 2.21 bits per heavy atom. The predicted octanol–water partition coefficient (Wildman–Crippen LogP) is 3.82. The van der Waals surface area contributed by atoms with Crippen LogP contribution in [0.2, 0.25) is 0 Å². The lowest BCUT2D eigenvalue weighted by atomic mass is 10.2. The zero-order valence-corrected chi connectivity index (χ0v) is 18.6. The zero-order chi connectivity index (χ0) is 24.0. The average Bonchev–Trinajstić information content (AvgIpc) is 2.80. The molecule has 10 heteroatoms. The third-order valence-corrected chi connectivity index (χ3v) is 5.91. The lowest BCUT2D eigenvalue weighted by Gasteiger charge is -2.15. The third-order valence-electron chi connectivity index (χ3n) is 4.51. The van der Waals surface area contributed by atoms with Crippen LogP contribution < -0.4 is 14.8 Å². The van der Waals surface area contributed by atoms with Gasteiger partial charge in [0.15, 0.2) is 6.10 Å². The molecular formula is C23H21FN2O6S. The maximum Gasteiger partial charge on any atom is 0.338 e. The van der Waals surface area contributed by atoms with Crippen LogP contribution in [0.5, 0.6) is 5.75 Å². The van der Waals surface area contributed by atoms with E-state index < -0.39 is 33.8 Å². The molecule has 0 radical (unpaired) electrons. The van der Waals surface area contributed by atoms with Crippen LogP contribution in [0.3, 0.4) is 0 Å². The van der Waals surface area contributed by atoms with Gasteiger partial charge in [-0.2, -0.15) is 0 Å². The number of amides is 1. The van der Waals surface area contributed by atoms with E-state index >= 15 is 0 Å². The summed E-state index contributed by atoms with van der Waals surface area (Å²) in [6, 6.07) is 16.6. The Bertz CT molecular complexity index is 1240. The van der Waals surface area contributed by atoms with Gasteiger partial charge in [-0.15, -0.1) is 0 Å². The molecule has 33 heavy (non-hydrogen) atoms. The van der Waals surface area contributed by atoms with Gasteiger partial charge >= 0.3 is 5.97 Å². The second-order valence-electron chi connectivity index (χ2n) is 6.87. The Hall–Kier alpha value is -3.92. The van der Waals surface area contributed by atoms with E-state index in [0.717, 1.165) is 12.1 Å². The number of carbonyl (C=O) groups is 2. The quantitative estimate of drug-likeness (QED) is 0.482. The van der Waals surface area contributed by atoms with E-state index in [1.165, 1.54) is 50.4 Å². The molecule has 0 aliphatic carbocycles. The second kappa shape index (κ2) is 10.1. The van der Waals surface area contributed by atoms with Gasteiger partial charge in [0.25, 0.3) is 15.9 Å². The molecule has 1 amide bonds. The van der Waals surface area contributed by atoms with Gasteiger partial charge in [0.2, 0.25) is 0 Å².